The predicted octanol–water partition coefficient (Wildman–Crippen LogP) is 5.60. The summed E-state index contributed by atoms with van der Waals surface area (Å²) in [5.74, 6) is 1.08. The van der Waals surface area contributed by atoms with E-state index in [0.29, 0.717) is 10.7 Å². The third kappa shape index (κ3) is 4.75. The van der Waals surface area contributed by atoms with Gasteiger partial charge >= 0.3 is 0 Å². The molecule has 0 fully saturated rings. The van der Waals surface area contributed by atoms with Gasteiger partial charge in [-0.15, -0.1) is 10.2 Å². The molecule has 0 saturated carbocycles. The number of Topliss-reactive ketones (excluding diaryl/α,β-unsaturated/α-hetero) is 1. The standard InChI is InChI=1S/C25H24N4OS/c1-25(2,3)20-11-9-18(10-12-20)22(30)17-31-24-28-27-23(19-13-15-26-16-14-19)29(24)21-7-5-4-6-8-21/h4-16H,17H2,1-3H3. The highest BCUT2D eigenvalue weighted by Gasteiger charge is 2.18. The number of ketones is 1. The lowest BCUT2D eigenvalue weighted by Gasteiger charge is -2.18. The second-order valence-corrected chi connectivity index (χ2v) is 9.19. The Balaban J connectivity index is 1.59. The Hall–Kier alpha value is -3.25. The van der Waals surface area contributed by atoms with E-state index < -0.39 is 0 Å². The monoisotopic (exact) mass is 428 g/mol. The van der Waals surface area contributed by atoms with Gasteiger partial charge < -0.3 is 0 Å². The molecule has 4 rings (SSSR count). The van der Waals surface area contributed by atoms with E-state index in [0.717, 1.165) is 17.1 Å². The molecular weight excluding hydrogens is 404 g/mol. The molecule has 0 amide bonds. The van der Waals surface area contributed by atoms with Gasteiger partial charge in [0.15, 0.2) is 16.8 Å². The van der Waals surface area contributed by atoms with Crippen molar-refractivity contribution < 1.29 is 4.79 Å². The molecule has 0 saturated heterocycles. The maximum absolute atomic E-state index is 12.8. The molecule has 2 aromatic heterocycles. The van der Waals surface area contributed by atoms with Gasteiger partial charge in [-0.05, 0) is 35.2 Å². The number of aromatic nitrogens is 4. The summed E-state index contributed by atoms with van der Waals surface area (Å²) in [5.41, 5.74) is 3.85. The summed E-state index contributed by atoms with van der Waals surface area (Å²) in [6, 6.07) is 21.6. The van der Waals surface area contributed by atoms with E-state index in [-0.39, 0.29) is 17.0 Å². The van der Waals surface area contributed by atoms with Gasteiger partial charge in [-0.3, -0.25) is 14.3 Å². The van der Waals surface area contributed by atoms with Crippen LogP contribution in [-0.2, 0) is 5.41 Å². The minimum Gasteiger partial charge on any atom is -0.293 e. The zero-order chi connectivity index (χ0) is 21.8. The number of carbonyl (C=O) groups excluding carboxylic acids is 1. The molecule has 0 unspecified atom stereocenters. The fourth-order valence-electron chi connectivity index (χ4n) is 3.23. The first-order chi connectivity index (χ1) is 14.9. The third-order valence-corrected chi connectivity index (χ3v) is 5.92. The first-order valence-corrected chi connectivity index (χ1v) is 11.1. The van der Waals surface area contributed by atoms with E-state index in [9.17, 15) is 4.79 Å². The van der Waals surface area contributed by atoms with Crippen LogP contribution in [0.5, 0.6) is 0 Å². The van der Waals surface area contributed by atoms with Crippen LogP contribution >= 0.6 is 11.8 Å². The van der Waals surface area contributed by atoms with Crippen LogP contribution in [0.15, 0.2) is 84.3 Å². The van der Waals surface area contributed by atoms with Crippen molar-refractivity contribution in [1.29, 1.82) is 0 Å². The lowest BCUT2D eigenvalue weighted by Crippen LogP contribution is -2.11. The highest BCUT2D eigenvalue weighted by atomic mass is 32.2. The van der Waals surface area contributed by atoms with Gasteiger partial charge in [0, 0.05) is 29.2 Å². The van der Waals surface area contributed by atoms with Crippen LogP contribution < -0.4 is 0 Å². The molecule has 5 nitrogen and oxygen atoms in total. The predicted molar refractivity (Wildman–Crippen MR) is 125 cm³/mol. The van der Waals surface area contributed by atoms with Gasteiger partial charge in [0.1, 0.15) is 0 Å². The van der Waals surface area contributed by atoms with Crippen molar-refractivity contribution in [2.24, 2.45) is 0 Å². The molecule has 0 bridgehead atoms. The van der Waals surface area contributed by atoms with E-state index >= 15 is 0 Å². The zero-order valence-electron chi connectivity index (χ0n) is 17.8. The van der Waals surface area contributed by atoms with Crippen LogP contribution in [0.25, 0.3) is 17.1 Å². The molecule has 0 aliphatic carbocycles. The van der Waals surface area contributed by atoms with E-state index in [4.69, 9.17) is 0 Å². The first-order valence-electron chi connectivity index (χ1n) is 10.1. The Morgan fingerprint density at radius 2 is 1.58 bits per heavy atom. The lowest BCUT2D eigenvalue weighted by molar-refractivity contribution is 0.102. The fraction of sp³-hybridized carbons (Fsp3) is 0.200. The third-order valence-electron chi connectivity index (χ3n) is 4.99. The second-order valence-electron chi connectivity index (χ2n) is 8.25. The molecule has 0 atom stereocenters. The highest BCUT2D eigenvalue weighted by Crippen LogP contribution is 2.28. The molecule has 31 heavy (non-hydrogen) atoms. The fourth-order valence-corrected chi connectivity index (χ4v) is 4.08. The van der Waals surface area contributed by atoms with Gasteiger partial charge in [-0.1, -0.05) is 75.0 Å². The SMILES string of the molecule is CC(C)(C)c1ccc(C(=O)CSc2nnc(-c3ccncc3)n2-c2ccccc2)cc1. The number of nitrogens with zero attached hydrogens (tertiary/aromatic N) is 4. The van der Waals surface area contributed by atoms with Crippen molar-refractivity contribution in [2.45, 2.75) is 31.3 Å². The van der Waals surface area contributed by atoms with Crippen LogP contribution in [0.2, 0.25) is 0 Å². The van der Waals surface area contributed by atoms with Crippen molar-refractivity contribution in [2.75, 3.05) is 5.75 Å². The number of pyridine rings is 1. The number of thioether (sulfide) groups is 1. The summed E-state index contributed by atoms with van der Waals surface area (Å²) < 4.78 is 1.98. The molecular formula is C25H24N4OS. The summed E-state index contributed by atoms with van der Waals surface area (Å²) in [5, 5.41) is 9.47. The summed E-state index contributed by atoms with van der Waals surface area (Å²) >= 11 is 1.39. The van der Waals surface area contributed by atoms with E-state index in [1.165, 1.54) is 17.3 Å². The average molecular weight is 429 g/mol. The molecule has 4 aromatic rings. The van der Waals surface area contributed by atoms with E-state index in [2.05, 4.69) is 36.0 Å². The average Bonchev–Trinajstić information content (AvgIpc) is 3.22. The quantitative estimate of drug-likeness (QED) is 0.295. The summed E-state index contributed by atoms with van der Waals surface area (Å²) in [7, 11) is 0. The van der Waals surface area contributed by atoms with Crippen LogP contribution in [0.1, 0.15) is 36.7 Å². The smallest absolute Gasteiger partial charge is 0.196 e. The van der Waals surface area contributed by atoms with Crippen LogP contribution in [0.3, 0.4) is 0 Å². The first kappa shape index (κ1) is 21.0. The number of carbonyl (C=O) groups is 1. The van der Waals surface area contributed by atoms with E-state index in [1.807, 2.05) is 71.3 Å². The number of benzene rings is 2. The molecule has 0 N–H and O–H groups in total. The Morgan fingerprint density at radius 3 is 2.23 bits per heavy atom. The Kier molecular flexibility index (Phi) is 6.00. The molecule has 2 aromatic carbocycles. The Morgan fingerprint density at radius 1 is 0.903 bits per heavy atom. The zero-order valence-corrected chi connectivity index (χ0v) is 18.6. The van der Waals surface area contributed by atoms with Gasteiger partial charge in [0.2, 0.25) is 0 Å². The molecule has 6 heteroatoms. The van der Waals surface area contributed by atoms with Gasteiger partial charge in [0.05, 0.1) is 5.75 Å². The summed E-state index contributed by atoms with van der Waals surface area (Å²) in [6.45, 7) is 6.49. The molecule has 0 spiro atoms. The number of para-hydroxylation sites is 1. The van der Waals surface area contributed by atoms with E-state index in [1.54, 1.807) is 12.4 Å². The molecule has 0 radical (unpaired) electrons. The van der Waals surface area contributed by atoms with Crippen molar-refractivity contribution in [3.05, 3.63) is 90.3 Å². The maximum Gasteiger partial charge on any atom is 0.196 e. The summed E-state index contributed by atoms with van der Waals surface area (Å²) in [4.78, 5) is 16.9. The van der Waals surface area contributed by atoms with Gasteiger partial charge in [0.25, 0.3) is 0 Å². The van der Waals surface area contributed by atoms with Crippen LogP contribution in [-0.4, -0.2) is 31.3 Å². The van der Waals surface area contributed by atoms with Crippen molar-refractivity contribution in [3.8, 4) is 17.1 Å². The van der Waals surface area contributed by atoms with Gasteiger partial charge in [-0.25, -0.2) is 0 Å². The Bertz CT molecular complexity index is 1160. The Labute approximate surface area is 186 Å². The molecule has 0 aliphatic rings. The van der Waals surface area contributed by atoms with Crippen molar-refractivity contribution in [3.63, 3.8) is 0 Å². The second kappa shape index (κ2) is 8.86. The molecule has 0 aliphatic heterocycles. The topological polar surface area (TPSA) is 60.7 Å². The largest absolute Gasteiger partial charge is 0.293 e. The molecule has 156 valence electrons. The lowest BCUT2D eigenvalue weighted by atomic mass is 9.86. The van der Waals surface area contributed by atoms with Crippen molar-refractivity contribution in [1.82, 2.24) is 19.7 Å². The van der Waals surface area contributed by atoms with Crippen LogP contribution in [0, 0.1) is 0 Å². The van der Waals surface area contributed by atoms with Gasteiger partial charge in [-0.2, -0.15) is 0 Å². The maximum atomic E-state index is 12.8. The minimum atomic E-state index is 0.0613. The number of hydrogen-bond donors (Lipinski definition) is 0. The van der Waals surface area contributed by atoms with Crippen molar-refractivity contribution >= 4 is 17.5 Å². The highest BCUT2D eigenvalue weighted by molar-refractivity contribution is 7.99. The minimum absolute atomic E-state index is 0.0613. The number of hydrogen-bond acceptors (Lipinski definition) is 5. The number of rotatable bonds is 6. The normalized spacial score (nSPS) is 11.5. The summed E-state index contributed by atoms with van der Waals surface area (Å²) in [6.07, 6.45) is 3.47. The molecule has 2 heterocycles. The van der Waals surface area contributed by atoms with Crippen LogP contribution in [0.4, 0.5) is 0 Å².